The van der Waals surface area contributed by atoms with Crippen LogP contribution >= 0.6 is 0 Å². The van der Waals surface area contributed by atoms with Gasteiger partial charge in [-0.3, -0.25) is 9.59 Å². The Hall–Kier alpha value is -3.20. The summed E-state index contributed by atoms with van der Waals surface area (Å²) in [6.45, 7) is 4.15. The molecule has 3 nitrogen and oxygen atoms in total. The maximum absolute atomic E-state index is 13.0. The van der Waals surface area contributed by atoms with E-state index in [1.807, 2.05) is 30.3 Å². The van der Waals surface area contributed by atoms with Gasteiger partial charge in [-0.1, -0.05) is 30.3 Å². The fourth-order valence-electron chi connectivity index (χ4n) is 3.17. The van der Waals surface area contributed by atoms with Gasteiger partial charge >= 0.3 is 0 Å². The monoisotopic (exact) mass is 328 g/mol. The molecule has 0 aromatic heterocycles. The number of hydrogen-bond donors (Lipinski definition) is 0. The van der Waals surface area contributed by atoms with Crippen LogP contribution in [0.3, 0.4) is 0 Å². The molecule has 1 aliphatic carbocycles. The Kier molecular flexibility index (Phi) is 3.69. The molecule has 3 heteroatoms. The highest BCUT2D eigenvalue weighted by molar-refractivity contribution is 6.29. The smallest absolute Gasteiger partial charge is 0.194 e. The molecular weight excluding hydrogens is 312 g/mol. The maximum atomic E-state index is 13.0. The third-order valence-electron chi connectivity index (χ3n) is 4.45. The molecule has 3 aromatic rings. The number of carbonyl (C=O) groups is 2. The molecule has 0 saturated heterocycles. The molecule has 0 fully saturated rings. The summed E-state index contributed by atoms with van der Waals surface area (Å²) in [6.07, 6.45) is 2.49. The van der Waals surface area contributed by atoms with Crippen molar-refractivity contribution in [2.75, 3.05) is 6.61 Å². The summed E-state index contributed by atoms with van der Waals surface area (Å²) in [5, 5.41) is 1.90. The normalized spacial score (nSPS) is 12.6. The van der Waals surface area contributed by atoms with E-state index in [1.165, 1.54) is 0 Å². The second kappa shape index (κ2) is 6.02. The predicted molar refractivity (Wildman–Crippen MR) is 97.6 cm³/mol. The van der Waals surface area contributed by atoms with Gasteiger partial charge in [0.1, 0.15) is 5.75 Å². The Morgan fingerprint density at radius 3 is 2.04 bits per heavy atom. The average molecular weight is 328 g/mol. The van der Waals surface area contributed by atoms with Gasteiger partial charge in [0.2, 0.25) is 0 Å². The maximum Gasteiger partial charge on any atom is 0.194 e. The minimum atomic E-state index is -0.135. The van der Waals surface area contributed by atoms with Gasteiger partial charge in [0.15, 0.2) is 11.6 Å². The minimum Gasteiger partial charge on any atom is -0.493 e. The van der Waals surface area contributed by atoms with Crippen molar-refractivity contribution in [1.82, 2.24) is 0 Å². The van der Waals surface area contributed by atoms with E-state index in [2.05, 4.69) is 6.58 Å². The number of ketones is 2. The first-order valence-corrected chi connectivity index (χ1v) is 8.19. The van der Waals surface area contributed by atoms with Crippen LogP contribution in [-0.2, 0) is 0 Å². The van der Waals surface area contributed by atoms with Crippen LogP contribution in [0.4, 0.5) is 0 Å². The molecule has 0 unspecified atom stereocenters. The highest BCUT2D eigenvalue weighted by atomic mass is 16.5. The van der Waals surface area contributed by atoms with Crippen LogP contribution in [0.25, 0.3) is 10.8 Å². The van der Waals surface area contributed by atoms with Gasteiger partial charge in [-0.15, -0.1) is 6.58 Å². The first-order valence-electron chi connectivity index (χ1n) is 8.19. The molecule has 4 rings (SSSR count). The third kappa shape index (κ3) is 2.54. The lowest BCUT2D eigenvalue weighted by Crippen LogP contribution is -2.21. The molecule has 0 bridgehead atoms. The van der Waals surface area contributed by atoms with Crippen LogP contribution in [-0.4, -0.2) is 18.2 Å². The topological polar surface area (TPSA) is 43.4 Å². The zero-order valence-corrected chi connectivity index (χ0v) is 13.6. The first kappa shape index (κ1) is 15.3. The molecule has 3 aromatic carbocycles. The first-order chi connectivity index (χ1) is 12.2. The van der Waals surface area contributed by atoms with Crippen molar-refractivity contribution in [2.24, 2.45) is 0 Å². The highest BCUT2D eigenvalue weighted by Crippen LogP contribution is 2.32. The van der Waals surface area contributed by atoms with Crippen molar-refractivity contribution in [3.63, 3.8) is 0 Å². The lowest BCUT2D eigenvalue weighted by Gasteiger charge is -2.19. The summed E-state index contributed by atoms with van der Waals surface area (Å²) in [6, 6.07) is 16.4. The van der Waals surface area contributed by atoms with Crippen molar-refractivity contribution in [2.45, 2.75) is 6.42 Å². The van der Waals surface area contributed by atoms with Gasteiger partial charge in [0, 0.05) is 22.3 Å². The van der Waals surface area contributed by atoms with Crippen LogP contribution in [0.15, 0.2) is 67.3 Å². The molecule has 0 aliphatic heterocycles. The number of fused-ring (bicyclic) bond motifs is 3. The third-order valence-corrected chi connectivity index (χ3v) is 4.45. The Bertz CT molecular complexity index is 1030. The largest absolute Gasteiger partial charge is 0.493 e. The fourth-order valence-corrected chi connectivity index (χ4v) is 3.17. The quantitative estimate of drug-likeness (QED) is 0.407. The summed E-state index contributed by atoms with van der Waals surface area (Å²) < 4.78 is 5.62. The Labute approximate surface area is 145 Å². The molecule has 25 heavy (non-hydrogen) atoms. The van der Waals surface area contributed by atoms with E-state index in [-0.39, 0.29) is 11.6 Å². The molecule has 0 spiro atoms. The Morgan fingerprint density at radius 1 is 0.800 bits per heavy atom. The van der Waals surface area contributed by atoms with Gasteiger partial charge < -0.3 is 4.74 Å². The van der Waals surface area contributed by atoms with E-state index in [0.717, 1.165) is 17.2 Å². The molecule has 0 N–H and O–H groups in total. The van der Waals surface area contributed by atoms with Crippen LogP contribution in [0.1, 0.15) is 38.3 Å². The van der Waals surface area contributed by atoms with Crippen LogP contribution in [0, 0.1) is 0 Å². The number of ether oxygens (including phenoxy) is 1. The standard InChI is InChI=1S/C22H16O3/c1-2-3-10-25-16-8-9-17-20(13-16)22(24)19-12-15-7-5-4-6-14(15)11-18(19)21(17)23/h2,4-9,11-13H,1,3,10H2. The minimum absolute atomic E-state index is 0.118. The summed E-state index contributed by atoms with van der Waals surface area (Å²) in [5.74, 6) is 0.337. The summed E-state index contributed by atoms with van der Waals surface area (Å²) in [7, 11) is 0. The molecule has 1 aliphatic rings. The Morgan fingerprint density at radius 2 is 1.40 bits per heavy atom. The zero-order valence-electron chi connectivity index (χ0n) is 13.6. The lowest BCUT2D eigenvalue weighted by atomic mass is 9.82. The van der Waals surface area contributed by atoms with Crippen molar-refractivity contribution in [3.05, 3.63) is 89.5 Å². The van der Waals surface area contributed by atoms with E-state index in [0.29, 0.717) is 34.6 Å². The second-order valence-corrected chi connectivity index (χ2v) is 6.04. The lowest BCUT2D eigenvalue weighted by molar-refractivity contribution is 0.0979. The van der Waals surface area contributed by atoms with E-state index in [1.54, 1.807) is 30.3 Å². The van der Waals surface area contributed by atoms with Gasteiger partial charge in [-0.2, -0.15) is 0 Å². The van der Waals surface area contributed by atoms with Gasteiger partial charge in [0.25, 0.3) is 0 Å². The second-order valence-electron chi connectivity index (χ2n) is 6.04. The van der Waals surface area contributed by atoms with Crippen molar-refractivity contribution in [1.29, 1.82) is 0 Å². The number of benzene rings is 3. The predicted octanol–water partition coefficient (Wildman–Crippen LogP) is 4.57. The van der Waals surface area contributed by atoms with Crippen molar-refractivity contribution < 1.29 is 14.3 Å². The molecule has 0 amide bonds. The van der Waals surface area contributed by atoms with Gasteiger partial charge in [-0.05, 0) is 47.5 Å². The number of rotatable bonds is 4. The number of carbonyl (C=O) groups excluding carboxylic acids is 2. The van der Waals surface area contributed by atoms with Gasteiger partial charge in [-0.25, -0.2) is 0 Å². The molecule has 0 radical (unpaired) electrons. The SMILES string of the molecule is C=CCCOc1ccc2c(c1)C(=O)c1cc3ccccc3cc1C2=O. The number of hydrogen-bond acceptors (Lipinski definition) is 3. The fraction of sp³-hybridized carbons (Fsp3) is 0.0909. The van der Waals surface area contributed by atoms with E-state index in [4.69, 9.17) is 4.74 Å². The molecule has 0 atom stereocenters. The average Bonchev–Trinajstić information content (AvgIpc) is 2.65. The summed E-state index contributed by atoms with van der Waals surface area (Å²) >= 11 is 0. The Balaban J connectivity index is 1.81. The van der Waals surface area contributed by atoms with Crippen molar-refractivity contribution in [3.8, 4) is 5.75 Å². The molecule has 0 saturated carbocycles. The molecule has 0 heterocycles. The van der Waals surface area contributed by atoms with Gasteiger partial charge in [0.05, 0.1) is 6.61 Å². The van der Waals surface area contributed by atoms with E-state index >= 15 is 0 Å². The zero-order chi connectivity index (χ0) is 17.4. The van der Waals surface area contributed by atoms with E-state index < -0.39 is 0 Å². The molecular formula is C22H16O3. The highest BCUT2D eigenvalue weighted by Gasteiger charge is 2.30. The van der Waals surface area contributed by atoms with Crippen LogP contribution in [0.5, 0.6) is 5.75 Å². The summed E-state index contributed by atoms with van der Waals surface area (Å²) in [4.78, 5) is 25.8. The van der Waals surface area contributed by atoms with Crippen molar-refractivity contribution >= 4 is 22.3 Å². The van der Waals surface area contributed by atoms with E-state index in [9.17, 15) is 9.59 Å². The summed E-state index contributed by atoms with van der Waals surface area (Å²) in [5.41, 5.74) is 1.77. The molecule has 122 valence electrons. The van der Waals surface area contributed by atoms with Crippen LogP contribution < -0.4 is 4.74 Å². The van der Waals surface area contributed by atoms with Crippen LogP contribution in [0.2, 0.25) is 0 Å².